The lowest BCUT2D eigenvalue weighted by molar-refractivity contribution is -0.115. The first-order valence-corrected chi connectivity index (χ1v) is 12.1. The molecule has 0 radical (unpaired) electrons. The molecule has 2 aromatic carbocycles. The number of hydrogen-bond acceptors (Lipinski definition) is 7. The number of nitrogens with one attached hydrogen (secondary N) is 1. The third-order valence-electron chi connectivity index (χ3n) is 5.78. The highest BCUT2D eigenvalue weighted by Gasteiger charge is 2.29. The Morgan fingerprint density at radius 2 is 1.64 bits per heavy atom. The first-order valence-electron chi connectivity index (χ1n) is 10.4. The van der Waals surface area contributed by atoms with Crippen molar-refractivity contribution in [1.29, 1.82) is 0 Å². The Bertz CT molecular complexity index is 1480. The molecule has 1 amide bonds. The Hall–Kier alpha value is -3.36. The number of nitrogens with zero attached hydrogens (tertiary/aromatic N) is 2. The van der Waals surface area contributed by atoms with E-state index in [0.717, 1.165) is 20.8 Å². The molecule has 0 spiro atoms. The van der Waals surface area contributed by atoms with E-state index in [1.165, 1.54) is 23.0 Å². The zero-order valence-corrected chi connectivity index (χ0v) is 19.8. The molecular weight excluding hydrogens is 454 g/mol. The van der Waals surface area contributed by atoms with Crippen LogP contribution in [0.5, 0.6) is 0 Å². The van der Waals surface area contributed by atoms with Gasteiger partial charge in [-0.3, -0.25) is 14.4 Å². The maximum atomic E-state index is 12.9. The number of anilines is 1. The lowest BCUT2D eigenvalue weighted by Gasteiger charge is -2.18. The van der Waals surface area contributed by atoms with Gasteiger partial charge in [0.05, 0.1) is 5.25 Å². The molecule has 1 atom stereocenters. The van der Waals surface area contributed by atoms with Crippen molar-refractivity contribution in [1.82, 2.24) is 9.97 Å². The van der Waals surface area contributed by atoms with E-state index in [9.17, 15) is 14.4 Å². The number of ketones is 2. The van der Waals surface area contributed by atoms with Gasteiger partial charge in [-0.05, 0) is 44.5 Å². The normalized spacial score (nSPS) is 13.5. The molecule has 6 nitrogen and oxygen atoms in total. The number of carbonyl (C=O) groups is 3. The Labute approximate surface area is 198 Å². The van der Waals surface area contributed by atoms with Crippen LogP contribution in [0, 0.1) is 13.8 Å². The van der Waals surface area contributed by atoms with Crippen molar-refractivity contribution in [3.05, 3.63) is 81.5 Å². The van der Waals surface area contributed by atoms with Crippen molar-refractivity contribution < 1.29 is 14.4 Å². The Kier molecular flexibility index (Phi) is 5.34. The van der Waals surface area contributed by atoms with E-state index in [1.54, 1.807) is 53.8 Å². The summed E-state index contributed by atoms with van der Waals surface area (Å²) in [6.07, 6.45) is 1.52. The van der Waals surface area contributed by atoms with Gasteiger partial charge in [-0.2, -0.15) is 0 Å². The van der Waals surface area contributed by atoms with Crippen molar-refractivity contribution >= 4 is 56.5 Å². The zero-order chi connectivity index (χ0) is 23.3. The number of benzene rings is 2. The first kappa shape index (κ1) is 21.5. The number of fused-ring (bicyclic) bond motifs is 3. The second-order valence-electron chi connectivity index (χ2n) is 7.86. The van der Waals surface area contributed by atoms with Gasteiger partial charge in [0.25, 0.3) is 0 Å². The number of aryl methyl sites for hydroxylation is 2. The molecule has 5 rings (SSSR count). The molecule has 1 aliphatic carbocycles. The highest BCUT2D eigenvalue weighted by Crippen LogP contribution is 2.36. The van der Waals surface area contributed by atoms with E-state index >= 15 is 0 Å². The van der Waals surface area contributed by atoms with Crippen LogP contribution in [0.15, 0.2) is 53.8 Å². The summed E-state index contributed by atoms with van der Waals surface area (Å²) < 4.78 is 0. The molecular formula is C25H19N3O3S2. The van der Waals surface area contributed by atoms with Gasteiger partial charge in [-0.25, -0.2) is 9.97 Å². The largest absolute Gasteiger partial charge is 0.325 e. The van der Waals surface area contributed by atoms with Crippen molar-refractivity contribution in [3.63, 3.8) is 0 Å². The molecule has 0 bridgehead atoms. The van der Waals surface area contributed by atoms with E-state index in [1.807, 2.05) is 20.8 Å². The van der Waals surface area contributed by atoms with Crippen LogP contribution >= 0.6 is 23.1 Å². The third-order valence-corrected chi connectivity index (χ3v) is 8.00. The van der Waals surface area contributed by atoms with E-state index in [4.69, 9.17) is 0 Å². The maximum absolute atomic E-state index is 12.9. The Balaban J connectivity index is 1.38. The SMILES string of the molecule is Cc1sc2ncnc(S[C@H](C)C(=O)Nc3ccc4c(c3)C(=O)c3ccccc3C4=O)c2c1C. The van der Waals surface area contributed by atoms with Crippen LogP contribution in [-0.2, 0) is 4.79 Å². The molecule has 1 N–H and O–H groups in total. The molecule has 0 saturated carbocycles. The van der Waals surface area contributed by atoms with Gasteiger partial charge in [0.15, 0.2) is 11.6 Å². The summed E-state index contributed by atoms with van der Waals surface area (Å²) in [5.74, 6) is -0.618. The van der Waals surface area contributed by atoms with Gasteiger partial charge in [-0.1, -0.05) is 36.0 Å². The lowest BCUT2D eigenvalue weighted by atomic mass is 9.84. The summed E-state index contributed by atoms with van der Waals surface area (Å²) >= 11 is 2.99. The Morgan fingerprint density at radius 3 is 2.36 bits per heavy atom. The minimum Gasteiger partial charge on any atom is -0.325 e. The fourth-order valence-corrected chi connectivity index (χ4v) is 5.92. The minimum absolute atomic E-state index is 0.184. The monoisotopic (exact) mass is 473 g/mol. The summed E-state index contributed by atoms with van der Waals surface area (Å²) in [4.78, 5) is 49.5. The zero-order valence-electron chi connectivity index (χ0n) is 18.1. The van der Waals surface area contributed by atoms with Crippen LogP contribution in [-0.4, -0.2) is 32.7 Å². The van der Waals surface area contributed by atoms with E-state index in [2.05, 4.69) is 15.3 Å². The number of hydrogen-bond donors (Lipinski definition) is 1. The van der Waals surface area contributed by atoms with Gasteiger partial charge < -0.3 is 5.32 Å². The summed E-state index contributed by atoms with van der Waals surface area (Å²) in [6.45, 7) is 5.90. The lowest BCUT2D eigenvalue weighted by Crippen LogP contribution is -2.24. The van der Waals surface area contributed by atoms with Crippen LogP contribution in [0.2, 0.25) is 0 Å². The number of amides is 1. The van der Waals surface area contributed by atoms with Crippen LogP contribution < -0.4 is 5.32 Å². The van der Waals surface area contributed by atoms with Crippen LogP contribution in [0.3, 0.4) is 0 Å². The number of rotatable bonds is 4. The summed E-state index contributed by atoms with van der Waals surface area (Å²) in [5, 5.41) is 4.20. The maximum Gasteiger partial charge on any atom is 0.237 e. The van der Waals surface area contributed by atoms with E-state index < -0.39 is 5.25 Å². The molecule has 33 heavy (non-hydrogen) atoms. The predicted octanol–water partition coefficient (Wildman–Crippen LogP) is 5.20. The third kappa shape index (κ3) is 3.65. The smallest absolute Gasteiger partial charge is 0.237 e. The molecule has 1 aliphatic rings. The molecule has 2 aromatic heterocycles. The molecule has 2 heterocycles. The summed E-state index contributed by atoms with van der Waals surface area (Å²) in [6, 6.07) is 11.6. The molecule has 4 aromatic rings. The van der Waals surface area contributed by atoms with Crippen LogP contribution in [0.1, 0.15) is 49.2 Å². The second-order valence-corrected chi connectivity index (χ2v) is 10.4. The van der Waals surface area contributed by atoms with Gasteiger partial charge in [0.2, 0.25) is 5.91 Å². The quantitative estimate of drug-likeness (QED) is 0.285. The predicted molar refractivity (Wildman–Crippen MR) is 131 cm³/mol. The van der Waals surface area contributed by atoms with E-state index in [-0.39, 0.29) is 17.5 Å². The highest BCUT2D eigenvalue weighted by molar-refractivity contribution is 8.00. The highest BCUT2D eigenvalue weighted by atomic mass is 32.2. The average Bonchev–Trinajstić information content (AvgIpc) is 3.11. The molecule has 8 heteroatoms. The molecule has 0 unspecified atom stereocenters. The topological polar surface area (TPSA) is 89.0 Å². The van der Waals surface area contributed by atoms with Crippen molar-refractivity contribution in [2.24, 2.45) is 0 Å². The average molecular weight is 474 g/mol. The van der Waals surface area contributed by atoms with Crippen LogP contribution in [0.25, 0.3) is 10.2 Å². The van der Waals surface area contributed by atoms with Crippen molar-refractivity contribution in [2.75, 3.05) is 5.32 Å². The number of aromatic nitrogens is 2. The first-order chi connectivity index (χ1) is 15.8. The Morgan fingerprint density at radius 1 is 0.970 bits per heavy atom. The standard InChI is InChI=1S/C25H19N3O3S2/c1-12-13(2)32-24-20(12)25(27-11-26-24)33-14(3)23(31)28-15-8-9-18-19(10-15)22(30)17-7-5-4-6-16(17)21(18)29/h4-11,14H,1-3H3,(H,28,31)/t14-/m1/s1. The summed E-state index contributed by atoms with van der Waals surface area (Å²) in [7, 11) is 0. The molecule has 0 aliphatic heterocycles. The fraction of sp³-hybridized carbons (Fsp3) is 0.160. The van der Waals surface area contributed by atoms with Gasteiger partial charge in [0.1, 0.15) is 16.2 Å². The van der Waals surface area contributed by atoms with Gasteiger partial charge in [0, 0.05) is 38.2 Å². The van der Waals surface area contributed by atoms with Gasteiger partial charge in [-0.15, -0.1) is 11.3 Å². The van der Waals surface area contributed by atoms with Gasteiger partial charge >= 0.3 is 0 Å². The van der Waals surface area contributed by atoms with E-state index in [0.29, 0.717) is 27.9 Å². The molecule has 164 valence electrons. The van der Waals surface area contributed by atoms with Crippen LogP contribution in [0.4, 0.5) is 5.69 Å². The van der Waals surface area contributed by atoms with Crippen molar-refractivity contribution in [3.8, 4) is 0 Å². The summed E-state index contributed by atoms with van der Waals surface area (Å²) in [5.41, 5.74) is 3.05. The molecule has 0 saturated heterocycles. The van der Waals surface area contributed by atoms with Crippen molar-refractivity contribution in [2.45, 2.75) is 31.0 Å². The number of carbonyl (C=O) groups excluding carboxylic acids is 3. The second kappa shape index (κ2) is 8.20. The molecule has 0 fully saturated rings. The number of thioether (sulfide) groups is 1. The fourth-order valence-electron chi connectivity index (χ4n) is 3.88. The number of thiophene rings is 1. The minimum atomic E-state index is -0.434.